The highest BCUT2D eigenvalue weighted by Gasteiger charge is 2.21. The predicted octanol–water partition coefficient (Wildman–Crippen LogP) is 1.37. The van der Waals surface area contributed by atoms with Crippen LogP contribution in [0.15, 0.2) is 18.3 Å². The number of carboxylic acid groups (broad SMARTS) is 1. The van der Waals surface area contributed by atoms with Crippen molar-refractivity contribution in [3.63, 3.8) is 0 Å². The van der Waals surface area contributed by atoms with E-state index in [0.29, 0.717) is 28.1 Å². The summed E-state index contributed by atoms with van der Waals surface area (Å²) in [5.41, 5.74) is 0.974. The average molecular weight is 409 g/mol. The number of nitrogens with zero attached hydrogens (tertiary/aromatic N) is 2. The molecule has 11 nitrogen and oxygen atoms in total. The third kappa shape index (κ3) is 4.70. The van der Waals surface area contributed by atoms with Crippen LogP contribution in [0.2, 0.25) is 0 Å². The van der Waals surface area contributed by atoms with E-state index in [9.17, 15) is 18.5 Å². The second-order valence-electron chi connectivity index (χ2n) is 5.52. The number of fused-ring (bicyclic) bond motifs is 1. The molecule has 1 aromatic heterocycles. The Morgan fingerprint density at radius 3 is 2.50 bits per heavy atom. The average Bonchev–Trinajstić information content (AvgIpc) is 2.65. The topological polar surface area (TPSA) is 163 Å². The van der Waals surface area contributed by atoms with Gasteiger partial charge in [0.25, 0.3) is 0 Å². The normalized spacial score (nSPS) is 12.1. The van der Waals surface area contributed by atoms with Crippen LogP contribution >= 0.6 is 0 Å². The van der Waals surface area contributed by atoms with E-state index < -0.39 is 22.5 Å². The van der Waals surface area contributed by atoms with Gasteiger partial charge >= 0.3 is 16.3 Å². The molecule has 0 aliphatic rings. The molecule has 150 valence electrons. The fourth-order valence-electron chi connectivity index (χ4n) is 2.48. The van der Waals surface area contributed by atoms with Gasteiger partial charge in [-0.3, -0.25) is 4.98 Å². The largest absolute Gasteiger partial charge is 0.493 e. The quantitative estimate of drug-likeness (QED) is 0.472. The number of hydrogen-bond acceptors (Lipinski definition) is 8. The van der Waals surface area contributed by atoms with Crippen molar-refractivity contribution in [2.24, 2.45) is 0 Å². The zero-order valence-corrected chi connectivity index (χ0v) is 16.1. The smallest absolute Gasteiger partial charge is 0.419 e. The zero-order valence-electron chi connectivity index (χ0n) is 15.3. The molecule has 0 fully saturated rings. The van der Waals surface area contributed by atoms with Crippen molar-refractivity contribution in [2.45, 2.75) is 19.5 Å². The Balaban J connectivity index is 2.51. The van der Waals surface area contributed by atoms with E-state index in [2.05, 4.69) is 15.0 Å². The molecule has 0 aliphatic heterocycles. The number of nitrogens with one attached hydrogen (secondary N) is 3. The third-order valence-corrected chi connectivity index (χ3v) is 4.78. The molecule has 0 aliphatic carbocycles. The summed E-state index contributed by atoms with van der Waals surface area (Å²) in [5.74, 6) is 0.840. The lowest BCUT2D eigenvalue weighted by Crippen LogP contribution is -2.47. The Morgan fingerprint density at radius 1 is 1.32 bits per heavy atom. The lowest BCUT2D eigenvalue weighted by molar-refractivity contribution is 0.201. The van der Waals surface area contributed by atoms with Crippen LogP contribution in [0, 0.1) is 11.3 Å². The lowest BCUT2D eigenvalue weighted by atomic mass is 10.1. The molecule has 1 atom stereocenters. The van der Waals surface area contributed by atoms with E-state index in [4.69, 9.17) is 14.6 Å². The molecule has 1 aromatic carbocycles. The number of pyridine rings is 1. The minimum Gasteiger partial charge on any atom is -0.493 e. The minimum absolute atomic E-state index is 0.170. The summed E-state index contributed by atoms with van der Waals surface area (Å²) in [6.07, 6.45) is -1.02. The van der Waals surface area contributed by atoms with Crippen molar-refractivity contribution in [3.8, 4) is 17.6 Å². The number of methoxy groups -OCH3 is 2. The highest BCUT2D eigenvalue weighted by molar-refractivity contribution is 7.88. The summed E-state index contributed by atoms with van der Waals surface area (Å²) >= 11 is 0. The molecule has 4 N–H and O–H groups in total. The first kappa shape index (κ1) is 21.0. The summed E-state index contributed by atoms with van der Waals surface area (Å²) in [5, 5.41) is 21.5. The van der Waals surface area contributed by atoms with Crippen LogP contribution in [0.5, 0.6) is 11.5 Å². The van der Waals surface area contributed by atoms with Gasteiger partial charge in [0.2, 0.25) is 0 Å². The van der Waals surface area contributed by atoms with Crippen LogP contribution in [0.3, 0.4) is 0 Å². The molecule has 1 unspecified atom stereocenters. The third-order valence-electron chi connectivity index (χ3n) is 3.74. The summed E-state index contributed by atoms with van der Waals surface area (Å²) < 4.78 is 37.8. The van der Waals surface area contributed by atoms with E-state index in [1.165, 1.54) is 25.1 Å². The van der Waals surface area contributed by atoms with Gasteiger partial charge in [0.1, 0.15) is 6.07 Å². The molecule has 0 saturated carbocycles. The molecule has 0 saturated heterocycles. The molecule has 2 rings (SSSR count). The molecule has 2 aromatic rings. The number of benzene rings is 1. The molecule has 1 heterocycles. The Kier molecular flexibility index (Phi) is 6.45. The van der Waals surface area contributed by atoms with Crippen molar-refractivity contribution >= 4 is 32.9 Å². The first-order valence-corrected chi connectivity index (χ1v) is 9.47. The van der Waals surface area contributed by atoms with Gasteiger partial charge in [-0.1, -0.05) is 6.92 Å². The maximum Gasteiger partial charge on any atom is 0.419 e. The number of hydrogen-bond donors (Lipinski definition) is 4. The fraction of sp³-hybridized carbons (Fsp3) is 0.312. The number of ether oxygens (including phenoxy) is 2. The first-order valence-electron chi connectivity index (χ1n) is 7.99. The van der Waals surface area contributed by atoms with Crippen molar-refractivity contribution in [1.82, 2.24) is 14.4 Å². The zero-order chi connectivity index (χ0) is 20.9. The minimum atomic E-state index is -4.31. The van der Waals surface area contributed by atoms with Gasteiger partial charge in [-0.15, -0.1) is 0 Å². The lowest BCUT2D eigenvalue weighted by Gasteiger charge is -2.21. The summed E-state index contributed by atoms with van der Waals surface area (Å²) in [6, 6.07) is 5.23. The van der Waals surface area contributed by atoms with Gasteiger partial charge in [-0.25, -0.2) is 9.52 Å². The van der Waals surface area contributed by atoms with Gasteiger partial charge in [0.15, 0.2) is 11.5 Å². The van der Waals surface area contributed by atoms with Gasteiger partial charge in [-0.05, 0) is 12.5 Å². The molecule has 0 radical (unpaired) electrons. The van der Waals surface area contributed by atoms with E-state index in [0.717, 1.165) is 0 Å². The van der Waals surface area contributed by atoms with Crippen molar-refractivity contribution in [1.29, 1.82) is 5.26 Å². The van der Waals surface area contributed by atoms with Crippen molar-refractivity contribution in [2.75, 3.05) is 19.5 Å². The maximum atomic E-state index is 11.8. The Bertz CT molecular complexity index is 1030. The van der Waals surface area contributed by atoms with Gasteiger partial charge < -0.3 is 19.9 Å². The van der Waals surface area contributed by atoms with Gasteiger partial charge in [0.05, 0.1) is 37.2 Å². The number of nitriles is 1. The van der Waals surface area contributed by atoms with Crippen LogP contribution in [0.1, 0.15) is 18.9 Å². The Labute approximate surface area is 161 Å². The molecular formula is C16H19N5O6S. The van der Waals surface area contributed by atoms with Gasteiger partial charge in [0, 0.05) is 17.6 Å². The molecule has 28 heavy (non-hydrogen) atoms. The van der Waals surface area contributed by atoms with Crippen LogP contribution in [-0.2, 0) is 10.2 Å². The molecular weight excluding hydrogens is 390 g/mol. The van der Waals surface area contributed by atoms with Crippen LogP contribution in [0.4, 0.5) is 10.5 Å². The van der Waals surface area contributed by atoms with Crippen LogP contribution < -0.4 is 24.2 Å². The second-order valence-corrected chi connectivity index (χ2v) is 6.96. The molecule has 12 heteroatoms. The SMILES string of the molecule is CCC(Nc1c(C#N)cnc2cc(OC)c(OC)cc12)NS(=O)(=O)NC(=O)O. The van der Waals surface area contributed by atoms with Gasteiger partial charge in [-0.2, -0.15) is 18.4 Å². The first-order chi connectivity index (χ1) is 13.2. The Morgan fingerprint density at radius 2 is 1.96 bits per heavy atom. The highest BCUT2D eigenvalue weighted by atomic mass is 32.2. The van der Waals surface area contributed by atoms with E-state index in [-0.39, 0.29) is 12.0 Å². The highest BCUT2D eigenvalue weighted by Crippen LogP contribution is 2.36. The number of rotatable bonds is 8. The van der Waals surface area contributed by atoms with Crippen molar-refractivity contribution in [3.05, 3.63) is 23.9 Å². The summed E-state index contributed by atoms with van der Waals surface area (Å²) in [6.45, 7) is 1.68. The number of amides is 1. The molecule has 0 spiro atoms. The van der Waals surface area contributed by atoms with Crippen LogP contribution in [0.25, 0.3) is 10.9 Å². The summed E-state index contributed by atoms with van der Waals surface area (Å²) in [4.78, 5) is 14.8. The monoisotopic (exact) mass is 409 g/mol. The maximum absolute atomic E-state index is 11.8. The predicted molar refractivity (Wildman–Crippen MR) is 100 cm³/mol. The standard InChI is InChI=1S/C16H19N5O6S/c1-4-14(20-28(24,25)21-16(22)23)19-15-9(7-17)8-18-11-6-13(27-3)12(26-2)5-10(11)15/h5-6,8,14,20-21H,4H2,1-3H3,(H,18,19)(H,22,23). The van der Waals surface area contributed by atoms with E-state index in [1.54, 1.807) is 19.1 Å². The number of aromatic nitrogens is 1. The second kappa shape index (κ2) is 8.59. The number of carbonyl (C=O) groups is 1. The summed E-state index contributed by atoms with van der Waals surface area (Å²) in [7, 11) is -1.38. The van der Waals surface area contributed by atoms with E-state index in [1.807, 2.05) is 6.07 Å². The van der Waals surface area contributed by atoms with E-state index >= 15 is 0 Å². The molecule has 0 bridgehead atoms. The van der Waals surface area contributed by atoms with Crippen molar-refractivity contribution < 1.29 is 27.8 Å². The Hall–Kier alpha value is -3.30. The molecule has 1 amide bonds. The fourth-order valence-corrected chi connectivity index (χ4v) is 3.37. The van der Waals surface area contributed by atoms with Crippen LogP contribution in [-0.4, -0.2) is 45.0 Å². The number of anilines is 1.